The first-order valence-corrected chi connectivity index (χ1v) is 10.3. The summed E-state index contributed by atoms with van der Waals surface area (Å²) >= 11 is 12.6. The van der Waals surface area contributed by atoms with Gasteiger partial charge in [0.1, 0.15) is 11.3 Å². The highest BCUT2D eigenvalue weighted by molar-refractivity contribution is 6.40. The van der Waals surface area contributed by atoms with Gasteiger partial charge in [-0.05, 0) is 30.3 Å². The van der Waals surface area contributed by atoms with E-state index in [0.717, 1.165) is 0 Å². The second-order valence-corrected chi connectivity index (χ2v) is 7.62. The molecule has 8 nitrogen and oxygen atoms in total. The minimum absolute atomic E-state index is 0.211. The van der Waals surface area contributed by atoms with Crippen LogP contribution in [0.1, 0.15) is 27.6 Å². The Morgan fingerprint density at radius 3 is 2.53 bits per heavy atom. The van der Waals surface area contributed by atoms with E-state index in [2.05, 4.69) is 10.4 Å². The number of furan rings is 1. The quantitative estimate of drug-likeness (QED) is 0.397. The van der Waals surface area contributed by atoms with Gasteiger partial charge in [-0.2, -0.15) is 0 Å². The van der Waals surface area contributed by atoms with Crippen molar-refractivity contribution >= 4 is 62.6 Å². The molecule has 0 atom stereocenters. The highest BCUT2D eigenvalue weighted by atomic mass is 35.5. The first kappa shape index (κ1) is 21.9. The Balaban J connectivity index is 1.91. The van der Waals surface area contributed by atoms with Crippen LogP contribution in [0.4, 0.5) is 5.69 Å². The summed E-state index contributed by atoms with van der Waals surface area (Å²) in [6.07, 6.45) is 2.80. The lowest BCUT2D eigenvalue weighted by atomic mass is 10.0. The number of carbonyl (C=O) groups excluding carboxylic acids is 2. The van der Waals surface area contributed by atoms with Gasteiger partial charge in [0.2, 0.25) is 5.91 Å². The van der Waals surface area contributed by atoms with Crippen LogP contribution >= 0.6 is 23.2 Å². The van der Waals surface area contributed by atoms with Gasteiger partial charge in [-0.25, -0.2) is 10.4 Å². The van der Waals surface area contributed by atoms with Crippen LogP contribution in [0.2, 0.25) is 10.0 Å². The number of pyridine rings is 1. The maximum atomic E-state index is 13.5. The summed E-state index contributed by atoms with van der Waals surface area (Å²) < 4.78 is 11.3. The topological polar surface area (TPSA) is 111 Å². The fraction of sp³-hybridized carbons (Fsp3) is 0.136. The van der Waals surface area contributed by atoms with Crippen LogP contribution in [0.3, 0.4) is 0 Å². The van der Waals surface area contributed by atoms with Crippen molar-refractivity contribution in [2.45, 2.75) is 6.92 Å². The normalized spacial score (nSPS) is 11.1. The maximum Gasteiger partial charge on any atom is 0.272 e. The zero-order valence-electron chi connectivity index (χ0n) is 17.1. The van der Waals surface area contributed by atoms with Gasteiger partial charge in [-0.1, -0.05) is 30.1 Å². The number of hydrogen-bond donors (Lipinski definition) is 2. The number of ether oxygens (including phenoxy) is 1. The molecule has 2 heterocycles. The molecule has 2 aromatic carbocycles. The molecule has 0 spiro atoms. The van der Waals surface area contributed by atoms with Gasteiger partial charge in [-0.3, -0.25) is 14.6 Å². The van der Waals surface area contributed by atoms with E-state index in [9.17, 15) is 9.59 Å². The number of rotatable bonds is 6. The monoisotopic (exact) mass is 472 g/mol. The SMILES string of the molecule is CCNN(C(=O)c1ccc2oc3c(OC)ccc(C(N)=O)c3c2c1)c1c(Cl)cncc1Cl. The maximum absolute atomic E-state index is 13.5. The van der Waals surface area contributed by atoms with Crippen LogP contribution in [0.25, 0.3) is 21.9 Å². The van der Waals surface area contributed by atoms with E-state index in [4.69, 9.17) is 38.1 Å². The number of methoxy groups -OCH3 is 1. The van der Waals surface area contributed by atoms with Crippen molar-refractivity contribution in [2.75, 3.05) is 18.7 Å². The fourth-order valence-electron chi connectivity index (χ4n) is 3.51. The number of nitrogens with zero attached hydrogens (tertiary/aromatic N) is 2. The van der Waals surface area contributed by atoms with Crippen molar-refractivity contribution in [1.82, 2.24) is 10.4 Å². The second kappa shape index (κ2) is 8.66. The summed E-state index contributed by atoms with van der Waals surface area (Å²) in [5.74, 6) is -0.595. The number of nitrogens with one attached hydrogen (secondary N) is 1. The third-order valence-corrected chi connectivity index (χ3v) is 5.44. The average Bonchev–Trinajstić information content (AvgIpc) is 3.16. The van der Waals surface area contributed by atoms with E-state index < -0.39 is 11.8 Å². The lowest BCUT2D eigenvalue weighted by molar-refractivity contribution is 0.0973. The van der Waals surface area contributed by atoms with Crippen molar-refractivity contribution in [2.24, 2.45) is 5.73 Å². The lowest BCUT2D eigenvalue weighted by Gasteiger charge is -2.24. The molecule has 0 saturated carbocycles. The van der Waals surface area contributed by atoms with Gasteiger partial charge in [0, 0.05) is 35.3 Å². The van der Waals surface area contributed by atoms with Crippen molar-refractivity contribution in [1.29, 1.82) is 0 Å². The zero-order valence-corrected chi connectivity index (χ0v) is 18.6. The second-order valence-electron chi connectivity index (χ2n) is 6.80. The zero-order chi connectivity index (χ0) is 23.0. The van der Waals surface area contributed by atoms with E-state index in [1.807, 2.05) is 6.92 Å². The molecular formula is C22H18Cl2N4O4. The van der Waals surface area contributed by atoms with Crippen molar-refractivity contribution in [3.63, 3.8) is 0 Å². The van der Waals surface area contributed by atoms with E-state index in [0.29, 0.717) is 39.8 Å². The number of aromatic nitrogens is 1. The van der Waals surface area contributed by atoms with Gasteiger partial charge >= 0.3 is 0 Å². The number of fused-ring (bicyclic) bond motifs is 3. The van der Waals surface area contributed by atoms with Crippen LogP contribution in [0, 0.1) is 0 Å². The van der Waals surface area contributed by atoms with Crippen LogP contribution in [0.5, 0.6) is 5.75 Å². The van der Waals surface area contributed by atoms with Crippen molar-refractivity contribution in [3.05, 3.63) is 63.9 Å². The van der Waals surface area contributed by atoms with Crippen molar-refractivity contribution in [3.8, 4) is 5.75 Å². The third-order valence-electron chi connectivity index (χ3n) is 4.89. The first-order chi connectivity index (χ1) is 15.4. The Morgan fingerprint density at radius 1 is 1.19 bits per heavy atom. The number of amides is 2. The third kappa shape index (κ3) is 3.62. The number of benzene rings is 2. The molecule has 0 aliphatic heterocycles. The number of nitrogens with two attached hydrogens (primary N) is 1. The molecule has 0 aliphatic carbocycles. The molecule has 4 rings (SSSR count). The Hall–Kier alpha value is -3.33. The fourth-order valence-corrected chi connectivity index (χ4v) is 4.05. The van der Waals surface area contributed by atoms with Crippen LogP contribution < -0.4 is 20.9 Å². The number of hydrogen-bond acceptors (Lipinski definition) is 6. The molecule has 164 valence electrons. The van der Waals surface area contributed by atoms with E-state index in [-0.39, 0.29) is 21.3 Å². The smallest absolute Gasteiger partial charge is 0.272 e. The standard InChI is InChI=1S/C22H18Cl2N4O4/c1-3-27-28(19-14(23)9-26-10-15(19)24)22(30)11-4-6-16-13(8-11)18-12(21(25)29)5-7-17(31-2)20(18)32-16/h4-10,27H,3H2,1-2H3,(H2,25,29). The Kier molecular flexibility index (Phi) is 5.92. The van der Waals surface area contributed by atoms with Crippen LogP contribution in [-0.2, 0) is 0 Å². The molecular weight excluding hydrogens is 455 g/mol. The summed E-state index contributed by atoms with van der Waals surface area (Å²) in [7, 11) is 1.50. The minimum Gasteiger partial charge on any atom is -0.493 e. The Morgan fingerprint density at radius 2 is 1.91 bits per heavy atom. The summed E-state index contributed by atoms with van der Waals surface area (Å²) in [5, 5.41) is 2.70. The first-order valence-electron chi connectivity index (χ1n) is 9.57. The minimum atomic E-state index is -0.623. The molecule has 3 N–H and O–H groups in total. The number of carbonyl (C=O) groups is 2. The van der Waals surface area contributed by atoms with Gasteiger partial charge in [0.05, 0.1) is 22.7 Å². The predicted octanol–water partition coefficient (Wildman–Crippen LogP) is 4.57. The molecule has 0 radical (unpaired) electrons. The summed E-state index contributed by atoms with van der Waals surface area (Å²) in [4.78, 5) is 29.4. The molecule has 2 aromatic heterocycles. The summed E-state index contributed by atoms with van der Waals surface area (Å²) in [6.45, 7) is 2.27. The van der Waals surface area contributed by atoms with Crippen LogP contribution in [0.15, 0.2) is 47.1 Å². The van der Waals surface area contributed by atoms with Gasteiger partial charge in [0.15, 0.2) is 11.3 Å². The van der Waals surface area contributed by atoms with Gasteiger partial charge in [0.25, 0.3) is 5.91 Å². The Labute approximate surface area is 192 Å². The molecule has 0 unspecified atom stereocenters. The van der Waals surface area contributed by atoms with E-state index in [1.54, 1.807) is 30.3 Å². The molecule has 32 heavy (non-hydrogen) atoms. The number of hydrazine groups is 1. The lowest BCUT2D eigenvalue weighted by Crippen LogP contribution is -2.43. The van der Waals surface area contributed by atoms with Crippen LogP contribution in [-0.4, -0.2) is 30.5 Å². The summed E-state index contributed by atoms with van der Waals surface area (Å²) in [5.41, 5.74) is 10.2. The van der Waals surface area contributed by atoms with Gasteiger partial charge in [-0.15, -0.1) is 0 Å². The molecule has 10 heteroatoms. The highest BCUT2D eigenvalue weighted by Crippen LogP contribution is 2.38. The van der Waals surface area contributed by atoms with Crippen molar-refractivity contribution < 1.29 is 18.7 Å². The predicted molar refractivity (Wildman–Crippen MR) is 124 cm³/mol. The van der Waals surface area contributed by atoms with Gasteiger partial charge < -0.3 is 14.9 Å². The molecule has 0 saturated heterocycles. The molecule has 0 aliphatic rings. The molecule has 2 amide bonds. The number of halogens is 2. The average molecular weight is 473 g/mol. The number of primary amides is 1. The van der Waals surface area contributed by atoms with E-state index >= 15 is 0 Å². The highest BCUT2D eigenvalue weighted by Gasteiger charge is 2.25. The number of anilines is 1. The molecule has 0 fully saturated rings. The Bertz CT molecular complexity index is 1350. The molecule has 4 aromatic rings. The van der Waals surface area contributed by atoms with E-state index in [1.165, 1.54) is 24.5 Å². The largest absolute Gasteiger partial charge is 0.493 e. The summed E-state index contributed by atoms with van der Waals surface area (Å²) in [6, 6.07) is 8.05. The molecule has 0 bridgehead atoms.